The molecule has 0 spiro atoms. The van der Waals surface area contributed by atoms with Crippen molar-refractivity contribution in [3.05, 3.63) is 63.4 Å². The summed E-state index contributed by atoms with van der Waals surface area (Å²) >= 11 is 1.50. The Morgan fingerprint density at radius 3 is 2.56 bits per heavy atom. The van der Waals surface area contributed by atoms with E-state index < -0.39 is 0 Å². The molecule has 5 nitrogen and oxygen atoms in total. The van der Waals surface area contributed by atoms with E-state index in [-0.39, 0.29) is 11.9 Å². The highest BCUT2D eigenvalue weighted by Gasteiger charge is 2.20. The van der Waals surface area contributed by atoms with E-state index in [9.17, 15) is 4.79 Å². The predicted molar refractivity (Wildman–Crippen MR) is 110 cm³/mol. The Bertz CT molecular complexity index is 927. The fourth-order valence-electron chi connectivity index (χ4n) is 3.12. The van der Waals surface area contributed by atoms with Gasteiger partial charge in [-0.2, -0.15) is 5.10 Å². The van der Waals surface area contributed by atoms with Gasteiger partial charge in [0.05, 0.1) is 28.6 Å². The average molecular weight is 383 g/mol. The third-order valence-corrected chi connectivity index (χ3v) is 5.67. The van der Waals surface area contributed by atoms with Gasteiger partial charge in [-0.3, -0.25) is 4.79 Å². The molecule has 1 N–H and O–H groups in total. The van der Waals surface area contributed by atoms with Crippen molar-refractivity contribution in [2.45, 2.75) is 47.1 Å². The van der Waals surface area contributed by atoms with Crippen LogP contribution in [-0.2, 0) is 6.42 Å². The van der Waals surface area contributed by atoms with E-state index in [2.05, 4.69) is 29.2 Å². The van der Waals surface area contributed by atoms with Crippen molar-refractivity contribution >= 4 is 17.2 Å². The number of aryl methyl sites for hydroxylation is 1. The quantitative estimate of drug-likeness (QED) is 0.676. The van der Waals surface area contributed by atoms with Gasteiger partial charge in [-0.15, -0.1) is 11.3 Å². The summed E-state index contributed by atoms with van der Waals surface area (Å²) in [6, 6.07) is 9.86. The zero-order valence-corrected chi connectivity index (χ0v) is 17.3. The number of carbonyl (C=O) groups is 1. The van der Waals surface area contributed by atoms with Gasteiger partial charge in [-0.1, -0.05) is 32.0 Å². The van der Waals surface area contributed by atoms with E-state index in [1.807, 2.05) is 62.0 Å². The molecule has 3 rings (SSSR count). The summed E-state index contributed by atoms with van der Waals surface area (Å²) in [5, 5.41) is 8.62. The molecule has 0 saturated heterocycles. The van der Waals surface area contributed by atoms with Gasteiger partial charge in [0.2, 0.25) is 0 Å². The molecule has 3 aromatic rings. The standard InChI is InChI=1S/C21H26N4OS/c1-13(2)11-19-23-15(4)20(27-19)21(26)24-14(3)18-12-22-25(16(18)5)17-9-7-6-8-10-17/h6-10,12-14H,11H2,1-5H3,(H,24,26). The lowest BCUT2D eigenvalue weighted by Crippen LogP contribution is -2.26. The number of carbonyl (C=O) groups excluding carboxylic acids is 1. The molecule has 1 unspecified atom stereocenters. The first-order valence-corrected chi connectivity index (χ1v) is 10.1. The molecular formula is C21H26N4OS. The number of para-hydroxylation sites is 1. The van der Waals surface area contributed by atoms with Crippen LogP contribution in [0.4, 0.5) is 0 Å². The van der Waals surface area contributed by atoms with Crippen LogP contribution in [0.25, 0.3) is 5.69 Å². The number of rotatable bonds is 6. The Hall–Kier alpha value is -2.47. The third kappa shape index (κ3) is 4.27. The van der Waals surface area contributed by atoms with E-state index in [4.69, 9.17) is 0 Å². The second-order valence-electron chi connectivity index (χ2n) is 7.25. The van der Waals surface area contributed by atoms with Crippen LogP contribution in [0.2, 0.25) is 0 Å². The van der Waals surface area contributed by atoms with Gasteiger partial charge in [0.15, 0.2) is 0 Å². The van der Waals surface area contributed by atoms with Crippen molar-refractivity contribution in [1.29, 1.82) is 0 Å². The maximum atomic E-state index is 12.8. The molecule has 0 aliphatic heterocycles. The maximum Gasteiger partial charge on any atom is 0.263 e. The van der Waals surface area contributed by atoms with Crippen molar-refractivity contribution < 1.29 is 4.79 Å². The number of hydrogen-bond acceptors (Lipinski definition) is 4. The summed E-state index contributed by atoms with van der Waals surface area (Å²) in [5.41, 5.74) is 3.85. The lowest BCUT2D eigenvalue weighted by Gasteiger charge is -2.14. The molecule has 1 atom stereocenters. The topological polar surface area (TPSA) is 59.8 Å². The number of thiazole rings is 1. The van der Waals surface area contributed by atoms with Crippen LogP contribution in [-0.4, -0.2) is 20.7 Å². The smallest absolute Gasteiger partial charge is 0.263 e. The van der Waals surface area contributed by atoms with Crippen LogP contribution in [0.1, 0.15) is 58.4 Å². The molecule has 6 heteroatoms. The summed E-state index contributed by atoms with van der Waals surface area (Å²) in [6.45, 7) is 10.2. The SMILES string of the molecule is Cc1nc(CC(C)C)sc1C(=O)NC(C)c1cnn(-c2ccccc2)c1C. The Labute approximate surface area is 164 Å². The normalized spacial score (nSPS) is 12.4. The Kier molecular flexibility index (Phi) is 5.75. The van der Waals surface area contributed by atoms with Crippen molar-refractivity contribution in [3.8, 4) is 5.69 Å². The first-order valence-electron chi connectivity index (χ1n) is 9.24. The fourth-order valence-corrected chi connectivity index (χ4v) is 4.30. The van der Waals surface area contributed by atoms with E-state index in [0.29, 0.717) is 10.8 Å². The molecule has 0 bridgehead atoms. The summed E-state index contributed by atoms with van der Waals surface area (Å²) in [5.74, 6) is 0.455. The lowest BCUT2D eigenvalue weighted by atomic mass is 10.1. The van der Waals surface area contributed by atoms with Crippen molar-refractivity contribution in [3.63, 3.8) is 0 Å². The Morgan fingerprint density at radius 2 is 1.89 bits per heavy atom. The third-order valence-electron chi connectivity index (χ3n) is 4.49. The van der Waals surface area contributed by atoms with E-state index in [1.54, 1.807) is 0 Å². The molecule has 0 aliphatic carbocycles. The number of amides is 1. The zero-order chi connectivity index (χ0) is 19.6. The van der Waals surface area contributed by atoms with Gasteiger partial charge in [0.25, 0.3) is 5.91 Å². The minimum Gasteiger partial charge on any atom is -0.345 e. The molecule has 142 valence electrons. The minimum atomic E-state index is -0.134. The van der Waals surface area contributed by atoms with Crippen molar-refractivity contribution in [2.75, 3.05) is 0 Å². The molecule has 1 aromatic carbocycles. The maximum absolute atomic E-state index is 12.8. The first kappa shape index (κ1) is 19.3. The summed E-state index contributed by atoms with van der Waals surface area (Å²) in [7, 11) is 0. The van der Waals surface area contributed by atoms with Gasteiger partial charge in [0.1, 0.15) is 4.88 Å². The van der Waals surface area contributed by atoms with Crippen molar-refractivity contribution in [2.24, 2.45) is 5.92 Å². The minimum absolute atomic E-state index is 0.0700. The second kappa shape index (κ2) is 8.05. The Balaban J connectivity index is 1.76. The molecule has 0 radical (unpaired) electrons. The average Bonchev–Trinajstić information content (AvgIpc) is 3.17. The van der Waals surface area contributed by atoms with Crippen LogP contribution in [0.3, 0.4) is 0 Å². The van der Waals surface area contributed by atoms with Crippen LogP contribution < -0.4 is 5.32 Å². The second-order valence-corrected chi connectivity index (χ2v) is 8.33. The molecule has 2 aromatic heterocycles. The molecular weight excluding hydrogens is 356 g/mol. The van der Waals surface area contributed by atoms with Crippen molar-refractivity contribution in [1.82, 2.24) is 20.1 Å². The highest BCUT2D eigenvalue weighted by Crippen LogP contribution is 2.24. The zero-order valence-electron chi connectivity index (χ0n) is 16.5. The van der Waals surface area contributed by atoms with Gasteiger partial charge in [0, 0.05) is 17.7 Å². The number of benzene rings is 1. The lowest BCUT2D eigenvalue weighted by molar-refractivity contribution is 0.0943. The van der Waals surface area contributed by atoms with Gasteiger partial charge < -0.3 is 5.32 Å². The fraction of sp³-hybridized carbons (Fsp3) is 0.381. The molecule has 0 fully saturated rings. The predicted octanol–water partition coefficient (Wildman–Crippen LogP) is 4.64. The monoisotopic (exact) mass is 382 g/mol. The molecule has 2 heterocycles. The van der Waals surface area contributed by atoms with Gasteiger partial charge >= 0.3 is 0 Å². The van der Waals surface area contributed by atoms with E-state index in [1.165, 1.54) is 11.3 Å². The van der Waals surface area contributed by atoms with Crippen LogP contribution in [0, 0.1) is 19.8 Å². The summed E-state index contributed by atoms with van der Waals surface area (Å²) in [6.07, 6.45) is 2.73. The molecule has 1 amide bonds. The highest BCUT2D eigenvalue weighted by atomic mass is 32.1. The van der Waals surface area contributed by atoms with Gasteiger partial charge in [-0.05, 0) is 38.8 Å². The van der Waals surface area contributed by atoms with Crippen LogP contribution in [0.15, 0.2) is 36.5 Å². The summed E-state index contributed by atoms with van der Waals surface area (Å²) in [4.78, 5) is 18.0. The van der Waals surface area contributed by atoms with Gasteiger partial charge in [-0.25, -0.2) is 9.67 Å². The molecule has 0 aliphatic rings. The highest BCUT2D eigenvalue weighted by molar-refractivity contribution is 7.13. The van der Waals surface area contributed by atoms with Crippen LogP contribution >= 0.6 is 11.3 Å². The number of nitrogens with zero attached hydrogens (tertiary/aromatic N) is 3. The largest absolute Gasteiger partial charge is 0.345 e. The number of nitrogens with one attached hydrogen (secondary N) is 1. The van der Waals surface area contributed by atoms with Crippen LogP contribution in [0.5, 0.6) is 0 Å². The first-order chi connectivity index (χ1) is 12.9. The summed E-state index contributed by atoms with van der Waals surface area (Å²) < 4.78 is 1.90. The Morgan fingerprint density at radius 1 is 1.19 bits per heavy atom. The number of aromatic nitrogens is 3. The van der Waals surface area contributed by atoms with E-state index >= 15 is 0 Å². The molecule has 0 saturated carbocycles. The van der Waals surface area contributed by atoms with E-state index in [0.717, 1.165) is 34.1 Å². The molecule has 27 heavy (non-hydrogen) atoms. The number of hydrogen-bond donors (Lipinski definition) is 1.